The van der Waals surface area contributed by atoms with Crippen LogP contribution in [0.4, 0.5) is 13.2 Å². The normalized spacial score (nSPS) is 19.6. The molecule has 33 heavy (non-hydrogen) atoms. The van der Waals surface area contributed by atoms with Crippen LogP contribution in [0.1, 0.15) is 62.1 Å². The van der Waals surface area contributed by atoms with Crippen LogP contribution in [0.3, 0.4) is 0 Å². The number of benzene rings is 1. The number of amides is 1. The maximum absolute atomic E-state index is 13.2. The van der Waals surface area contributed by atoms with E-state index in [4.69, 9.17) is 5.73 Å². The molecule has 1 aromatic rings. The molecule has 1 saturated carbocycles. The summed E-state index contributed by atoms with van der Waals surface area (Å²) in [5, 5.41) is 10.4. The average molecular weight is 464 g/mol. The van der Waals surface area contributed by atoms with E-state index in [-0.39, 0.29) is 29.8 Å². The number of nitrogens with zero attached hydrogens (tertiary/aromatic N) is 2. The average Bonchev–Trinajstić information content (AvgIpc) is 3.17. The lowest BCUT2D eigenvalue weighted by Gasteiger charge is -2.38. The molecule has 1 aliphatic carbocycles. The van der Waals surface area contributed by atoms with Crippen LogP contribution >= 0.6 is 0 Å². The highest BCUT2D eigenvalue weighted by molar-refractivity contribution is 6.00. The van der Waals surface area contributed by atoms with E-state index in [1.807, 2.05) is 13.8 Å². The minimum absolute atomic E-state index is 0.00695. The number of aliphatic hydroxyl groups is 1. The van der Waals surface area contributed by atoms with Gasteiger partial charge in [0.15, 0.2) is 11.5 Å². The van der Waals surface area contributed by atoms with Crippen molar-refractivity contribution in [3.63, 3.8) is 0 Å². The fraction of sp³-hybridized carbons (Fsp3) is 0.520. The number of carbonyl (C=O) groups is 1. The predicted molar refractivity (Wildman–Crippen MR) is 123 cm³/mol. The molecular weight excluding hydrogens is 431 g/mol. The van der Waals surface area contributed by atoms with Crippen molar-refractivity contribution in [2.45, 2.75) is 70.9 Å². The van der Waals surface area contributed by atoms with E-state index in [9.17, 15) is 23.1 Å². The SMILES string of the molecule is C=C1N=C(CC2(c3cc(C)cc(C)c3)CCCC2)N(CCC(C)C(F)(F)F)C(C(N)=O)=C1O. The number of halogens is 3. The molecule has 0 aromatic heterocycles. The monoisotopic (exact) mass is 463 g/mol. The summed E-state index contributed by atoms with van der Waals surface area (Å²) >= 11 is 0. The zero-order valence-electron chi connectivity index (χ0n) is 19.4. The Bertz CT molecular complexity index is 984. The highest BCUT2D eigenvalue weighted by Crippen LogP contribution is 2.46. The number of aliphatic hydroxyl groups excluding tert-OH is 1. The fourth-order valence-corrected chi connectivity index (χ4v) is 4.98. The van der Waals surface area contributed by atoms with Crippen LogP contribution in [0.25, 0.3) is 0 Å². The maximum atomic E-state index is 13.2. The molecule has 0 bridgehead atoms. The Morgan fingerprint density at radius 1 is 1.24 bits per heavy atom. The third-order valence-electron chi connectivity index (χ3n) is 6.81. The van der Waals surface area contributed by atoms with Crippen LogP contribution < -0.4 is 5.73 Å². The number of alkyl halides is 3. The topological polar surface area (TPSA) is 78.9 Å². The van der Waals surface area contributed by atoms with Gasteiger partial charge in [0.2, 0.25) is 0 Å². The van der Waals surface area contributed by atoms with Gasteiger partial charge < -0.3 is 15.7 Å². The first-order chi connectivity index (χ1) is 15.3. The van der Waals surface area contributed by atoms with E-state index in [1.165, 1.54) is 4.90 Å². The quantitative estimate of drug-likeness (QED) is 0.554. The zero-order valence-corrected chi connectivity index (χ0v) is 19.4. The molecule has 1 amide bonds. The third-order valence-corrected chi connectivity index (χ3v) is 6.81. The summed E-state index contributed by atoms with van der Waals surface area (Å²) in [7, 11) is 0. The van der Waals surface area contributed by atoms with Gasteiger partial charge in [-0.2, -0.15) is 13.2 Å². The van der Waals surface area contributed by atoms with Gasteiger partial charge in [-0.15, -0.1) is 0 Å². The van der Waals surface area contributed by atoms with Crippen LogP contribution in [-0.2, 0) is 10.2 Å². The molecule has 1 aliphatic heterocycles. The second kappa shape index (κ2) is 9.23. The predicted octanol–water partition coefficient (Wildman–Crippen LogP) is 5.58. The number of carbonyl (C=O) groups excluding carboxylic acids is 1. The van der Waals surface area contributed by atoms with E-state index in [2.05, 4.69) is 29.8 Å². The van der Waals surface area contributed by atoms with Crippen LogP contribution in [0.15, 0.2) is 46.9 Å². The second-order valence-corrected chi connectivity index (χ2v) is 9.46. The number of nitrogens with two attached hydrogens (primary N) is 1. The summed E-state index contributed by atoms with van der Waals surface area (Å²) in [6, 6.07) is 6.40. The number of aliphatic imine (C=N–C) groups is 1. The van der Waals surface area contributed by atoms with Crippen molar-refractivity contribution >= 4 is 11.7 Å². The summed E-state index contributed by atoms with van der Waals surface area (Å²) in [6.45, 7) is 8.77. The molecule has 0 spiro atoms. The van der Waals surface area contributed by atoms with E-state index < -0.39 is 23.8 Å². The van der Waals surface area contributed by atoms with Gasteiger partial charge in [0.05, 0.1) is 5.92 Å². The van der Waals surface area contributed by atoms with Crippen molar-refractivity contribution in [1.29, 1.82) is 0 Å². The Hall–Kier alpha value is -2.77. The molecular formula is C25H32F3N3O2. The summed E-state index contributed by atoms with van der Waals surface area (Å²) < 4.78 is 39.5. The van der Waals surface area contributed by atoms with Gasteiger partial charge in [0.1, 0.15) is 11.5 Å². The Labute approximate surface area is 192 Å². The summed E-state index contributed by atoms with van der Waals surface area (Å²) in [5.41, 5.74) is 8.46. The molecule has 0 radical (unpaired) electrons. The highest BCUT2D eigenvalue weighted by Gasteiger charge is 2.42. The van der Waals surface area contributed by atoms with Gasteiger partial charge in [0.25, 0.3) is 5.91 Å². The number of aryl methyl sites for hydroxylation is 2. The molecule has 1 unspecified atom stereocenters. The largest absolute Gasteiger partial charge is 0.504 e. The molecule has 0 saturated heterocycles. The molecule has 3 N–H and O–H groups in total. The summed E-state index contributed by atoms with van der Waals surface area (Å²) in [5.74, 6) is -2.58. The first-order valence-corrected chi connectivity index (χ1v) is 11.3. The lowest BCUT2D eigenvalue weighted by molar-refractivity contribution is -0.171. The van der Waals surface area contributed by atoms with Gasteiger partial charge in [0, 0.05) is 18.4 Å². The number of hydrogen-bond acceptors (Lipinski definition) is 4. The number of rotatable bonds is 7. The number of hydrogen-bond donors (Lipinski definition) is 2. The first-order valence-electron chi connectivity index (χ1n) is 11.3. The van der Waals surface area contributed by atoms with Crippen LogP contribution in [0, 0.1) is 19.8 Å². The Morgan fingerprint density at radius 3 is 2.33 bits per heavy atom. The Balaban J connectivity index is 2.01. The van der Waals surface area contributed by atoms with Crippen molar-refractivity contribution in [3.8, 4) is 0 Å². The second-order valence-electron chi connectivity index (χ2n) is 9.46. The van der Waals surface area contributed by atoms with E-state index >= 15 is 0 Å². The first kappa shape index (κ1) is 24.9. The lowest BCUT2D eigenvalue weighted by Crippen LogP contribution is -2.44. The molecule has 8 heteroatoms. The number of amidine groups is 1. The minimum atomic E-state index is -4.36. The van der Waals surface area contributed by atoms with Crippen LogP contribution in [0.5, 0.6) is 0 Å². The van der Waals surface area contributed by atoms with Gasteiger partial charge in [-0.1, -0.05) is 55.7 Å². The van der Waals surface area contributed by atoms with Crippen molar-refractivity contribution in [1.82, 2.24) is 4.90 Å². The molecule has 3 rings (SSSR count). The molecule has 1 atom stereocenters. The van der Waals surface area contributed by atoms with E-state index in [0.717, 1.165) is 49.3 Å². The third kappa shape index (κ3) is 5.25. The molecule has 180 valence electrons. The van der Waals surface area contributed by atoms with Crippen molar-refractivity contribution < 1.29 is 23.1 Å². The minimum Gasteiger partial charge on any atom is -0.504 e. The van der Waals surface area contributed by atoms with Crippen molar-refractivity contribution in [2.75, 3.05) is 6.54 Å². The smallest absolute Gasteiger partial charge is 0.391 e. The van der Waals surface area contributed by atoms with Gasteiger partial charge in [-0.3, -0.25) is 4.79 Å². The molecule has 1 heterocycles. The van der Waals surface area contributed by atoms with Crippen LogP contribution in [0.2, 0.25) is 0 Å². The molecule has 1 fully saturated rings. The van der Waals surface area contributed by atoms with Gasteiger partial charge in [-0.25, -0.2) is 4.99 Å². The standard InChI is InChI=1S/C25H32F3N3O2/c1-15-11-16(2)13-19(12-15)24(8-5-6-9-24)14-20-30-18(4)22(32)21(23(29)33)31(20)10-7-17(3)25(26,27)28/h11-13,17,32H,4-10,14H2,1-3H3,(H2,29,33). The van der Waals surface area contributed by atoms with Crippen molar-refractivity contribution in [3.05, 3.63) is 58.6 Å². The Morgan fingerprint density at radius 2 is 1.82 bits per heavy atom. The lowest BCUT2D eigenvalue weighted by atomic mass is 9.74. The summed E-state index contributed by atoms with van der Waals surface area (Å²) in [6.07, 6.45) is -0.367. The molecule has 1 aromatic carbocycles. The van der Waals surface area contributed by atoms with E-state index in [0.29, 0.717) is 12.3 Å². The Kier molecular flexibility index (Phi) is 6.96. The maximum Gasteiger partial charge on any atom is 0.391 e. The molecule has 2 aliphatic rings. The van der Waals surface area contributed by atoms with Gasteiger partial charge in [-0.05, 0) is 38.7 Å². The summed E-state index contributed by atoms with van der Waals surface area (Å²) in [4.78, 5) is 18.0. The van der Waals surface area contributed by atoms with Crippen molar-refractivity contribution in [2.24, 2.45) is 16.6 Å². The fourth-order valence-electron chi connectivity index (χ4n) is 4.98. The number of primary amides is 1. The van der Waals surface area contributed by atoms with Crippen LogP contribution in [-0.4, -0.2) is 34.5 Å². The van der Waals surface area contributed by atoms with E-state index in [1.54, 1.807) is 0 Å². The van der Waals surface area contributed by atoms with Gasteiger partial charge >= 0.3 is 6.18 Å². The molecule has 5 nitrogen and oxygen atoms in total. The zero-order chi connectivity index (χ0) is 24.6. The highest BCUT2D eigenvalue weighted by atomic mass is 19.4.